The van der Waals surface area contributed by atoms with Crippen molar-refractivity contribution in [2.24, 2.45) is 5.73 Å². The van der Waals surface area contributed by atoms with Crippen LogP contribution in [0.15, 0.2) is 23.8 Å². The SMILES string of the molecule is Cc1c(F)cc(C(N)=O)cc1NC(C)c1cncs1. The minimum atomic E-state index is -0.646. The molecule has 4 nitrogen and oxygen atoms in total. The van der Waals surface area contributed by atoms with Crippen LogP contribution in [0.25, 0.3) is 0 Å². The highest BCUT2D eigenvalue weighted by atomic mass is 32.1. The Morgan fingerprint density at radius 1 is 1.53 bits per heavy atom. The molecule has 0 radical (unpaired) electrons. The number of anilines is 1. The first-order valence-corrected chi connectivity index (χ1v) is 6.62. The van der Waals surface area contributed by atoms with Crippen LogP contribution in [0.3, 0.4) is 0 Å². The lowest BCUT2D eigenvalue weighted by molar-refractivity contribution is 0.1000. The minimum Gasteiger partial charge on any atom is -0.377 e. The Bertz CT molecular complexity index is 598. The van der Waals surface area contributed by atoms with Crippen molar-refractivity contribution in [2.45, 2.75) is 19.9 Å². The van der Waals surface area contributed by atoms with Crippen molar-refractivity contribution in [1.29, 1.82) is 0 Å². The van der Waals surface area contributed by atoms with Crippen LogP contribution in [0.4, 0.5) is 10.1 Å². The molecular weight excluding hydrogens is 265 g/mol. The van der Waals surface area contributed by atoms with E-state index in [4.69, 9.17) is 5.73 Å². The largest absolute Gasteiger partial charge is 0.377 e. The van der Waals surface area contributed by atoms with E-state index >= 15 is 0 Å². The lowest BCUT2D eigenvalue weighted by Crippen LogP contribution is -2.14. The summed E-state index contributed by atoms with van der Waals surface area (Å²) in [6.07, 6.45) is 1.76. The number of aromatic nitrogens is 1. The Balaban J connectivity index is 2.31. The molecule has 3 N–H and O–H groups in total. The van der Waals surface area contributed by atoms with Gasteiger partial charge in [0.1, 0.15) is 5.82 Å². The van der Waals surface area contributed by atoms with Gasteiger partial charge in [-0.1, -0.05) is 0 Å². The summed E-state index contributed by atoms with van der Waals surface area (Å²) >= 11 is 1.51. The maximum absolute atomic E-state index is 13.7. The molecule has 1 unspecified atom stereocenters. The Labute approximate surface area is 114 Å². The number of halogens is 1. The number of nitrogens with two attached hydrogens (primary N) is 1. The number of nitrogens with zero attached hydrogens (tertiary/aromatic N) is 1. The zero-order valence-corrected chi connectivity index (χ0v) is 11.4. The maximum atomic E-state index is 13.7. The van der Waals surface area contributed by atoms with Gasteiger partial charge < -0.3 is 11.1 Å². The molecule has 1 amide bonds. The predicted octanol–water partition coefficient (Wildman–Crippen LogP) is 2.86. The molecular formula is C13H14FN3OS. The summed E-state index contributed by atoms with van der Waals surface area (Å²) in [6, 6.07) is 2.70. The van der Waals surface area contributed by atoms with E-state index in [1.165, 1.54) is 11.3 Å². The number of hydrogen-bond acceptors (Lipinski definition) is 4. The average Bonchev–Trinajstić information content (AvgIpc) is 2.88. The first kappa shape index (κ1) is 13.5. The highest BCUT2D eigenvalue weighted by Gasteiger charge is 2.13. The van der Waals surface area contributed by atoms with E-state index < -0.39 is 11.7 Å². The quantitative estimate of drug-likeness (QED) is 0.904. The number of amides is 1. The Morgan fingerprint density at radius 3 is 2.84 bits per heavy atom. The molecule has 0 aliphatic carbocycles. The molecule has 1 aromatic carbocycles. The van der Waals surface area contributed by atoms with Crippen LogP contribution >= 0.6 is 11.3 Å². The van der Waals surface area contributed by atoms with Gasteiger partial charge in [0.05, 0.1) is 11.6 Å². The minimum absolute atomic E-state index is 0.0197. The van der Waals surface area contributed by atoms with Gasteiger partial charge in [-0.05, 0) is 26.0 Å². The monoisotopic (exact) mass is 279 g/mol. The van der Waals surface area contributed by atoms with E-state index in [2.05, 4.69) is 10.3 Å². The predicted molar refractivity (Wildman–Crippen MR) is 73.8 cm³/mol. The van der Waals surface area contributed by atoms with Crippen molar-refractivity contribution in [2.75, 3.05) is 5.32 Å². The molecule has 1 heterocycles. The van der Waals surface area contributed by atoms with E-state index in [0.29, 0.717) is 11.3 Å². The zero-order valence-electron chi connectivity index (χ0n) is 10.6. The van der Waals surface area contributed by atoms with Gasteiger partial charge in [0.15, 0.2) is 0 Å². The zero-order chi connectivity index (χ0) is 14.0. The Kier molecular flexibility index (Phi) is 3.80. The Morgan fingerprint density at radius 2 is 2.26 bits per heavy atom. The van der Waals surface area contributed by atoms with Crippen LogP contribution in [0.1, 0.15) is 33.8 Å². The standard InChI is InChI=1S/C13H14FN3OS/c1-7-10(14)3-9(13(15)18)4-11(7)17-8(2)12-5-16-6-19-12/h3-6,8,17H,1-2H3,(H2,15,18). The normalized spacial score (nSPS) is 12.2. The molecule has 0 saturated heterocycles. The molecule has 19 heavy (non-hydrogen) atoms. The van der Waals surface area contributed by atoms with Gasteiger partial charge in [-0.15, -0.1) is 11.3 Å². The molecule has 100 valence electrons. The third kappa shape index (κ3) is 2.90. The van der Waals surface area contributed by atoms with Gasteiger partial charge in [0.2, 0.25) is 5.91 Å². The third-order valence-corrected chi connectivity index (χ3v) is 3.84. The van der Waals surface area contributed by atoms with Crippen molar-refractivity contribution in [3.05, 3.63) is 45.7 Å². The van der Waals surface area contributed by atoms with Crippen LogP contribution in [-0.4, -0.2) is 10.9 Å². The summed E-state index contributed by atoms with van der Waals surface area (Å²) in [5.41, 5.74) is 8.10. The van der Waals surface area contributed by atoms with E-state index in [1.54, 1.807) is 24.7 Å². The topological polar surface area (TPSA) is 68.0 Å². The summed E-state index contributed by atoms with van der Waals surface area (Å²) < 4.78 is 13.7. The summed E-state index contributed by atoms with van der Waals surface area (Å²) in [4.78, 5) is 16.2. The first-order valence-electron chi connectivity index (χ1n) is 5.74. The van der Waals surface area contributed by atoms with E-state index in [0.717, 1.165) is 10.9 Å². The van der Waals surface area contributed by atoms with Gasteiger partial charge in [0.25, 0.3) is 0 Å². The number of carbonyl (C=O) groups is 1. The van der Waals surface area contributed by atoms with Crippen LogP contribution in [0.2, 0.25) is 0 Å². The van der Waals surface area contributed by atoms with Gasteiger partial charge in [-0.3, -0.25) is 9.78 Å². The second-order valence-electron chi connectivity index (χ2n) is 4.26. The number of thiazole rings is 1. The molecule has 0 saturated carbocycles. The summed E-state index contributed by atoms with van der Waals surface area (Å²) in [6.45, 7) is 3.60. The van der Waals surface area contributed by atoms with Crippen molar-refractivity contribution in [3.63, 3.8) is 0 Å². The summed E-state index contributed by atoms with van der Waals surface area (Å²) in [7, 11) is 0. The molecule has 2 rings (SSSR count). The van der Waals surface area contributed by atoms with E-state index in [9.17, 15) is 9.18 Å². The lowest BCUT2D eigenvalue weighted by Gasteiger charge is -2.16. The van der Waals surface area contributed by atoms with Crippen molar-refractivity contribution >= 4 is 22.9 Å². The molecule has 0 fully saturated rings. The Hall–Kier alpha value is -1.95. The summed E-state index contributed by atoms with van der Waals surface area (Å²) in [5, 5.41) is 3.17. The number of carbonyl (C=O) groups excluding carboxylic acids is 1. The third-order valence-electron chi connectivity index (χ3n) is 2.88. The molecule has 0 aliphatic heterocycles. The van der Waals surface area contributed by atoms with Gasteiger partial charge >= 0.3 is 0 Å². The highest BCUT2D eigenvalue weighted by Crippen LogP contribution is 2.26. The first-order chi connectivity index (χ1) is 8.99. The fourth-order valence-electron chi connectivity index (χ4n) is 1.71. The molecule has 0 aliphatic rings. The van der Waals surface area contributed by atoms with Crippen LogP contribution in [0.5, 0.6) is 0 Å². The van der Waals surface area contributed by atoms with Gasteiger partial charge in [0, 0.05) is 27.9 Å². The molecule has 0 spiro atoms. The number of rotatable bonds is 4. The van der Waals surface area contributed by atoms with E-state index in [-0.39, 0.29) is 11.6 Å². The van der Waals surface area contributed by atoms with Gasteiger partial charge in [-0.2, -0.15) is 0 Å². The van der Waals surface area contributed by atoms with Crippen molar-refractivity contribution < 1.29 is 9.18 Å². The average molecular weight is 279 g/mol. The lowest BCUT2D eigenvalue weighted by atomic mass is 10.1. The molecule has 0 bridgehead atoms. The van der Waals surface area contributed by atoms with Crippen molar-refractivity contribution in [3.8, 4) is 0 Å². The highest BCUT2D eigenvalue weighted by molar-refractivity contribution is 7.09. The second kappa shape index (κ2) is 5.36. The van der Waals surface area contributed by atoms with Gasteiger partial charge in [-0.25, -0.2) is 4.39 Å². The second-order valence-corrected chi connectivity index (χ2v) is 5.18. The number of nitrogens with one attached hydrogen (secondary N) is 1. The number of primary amides is 1. The summed E-state index contributed by atoms with van der Waals surface area (Å²) in [5.74, 6) is -1.09. The molecule has 2 aromatic rings. The fraction of sp³-hybridized carbons (Fsp3) is 0.231. The number of hydrogen-bond donors (Lipinski definition) is 2. The van der Waals surface area contributed by atoms with Crippen LogP contribution in [-0.2, 0) is 0 Å². The smallest absolute Gasteiger partial charge is 0.248 e. The fourth-order valence-corrected chi connectivity index (χ4v) is 2.34. The number of benzene rings is 1. The maximum Gasteiger partial charge on any atom is 0.248 e. The molecule has 6 heteroatoms. The molecule has 1 atom stereocenters. The van der Waals surface area contributed by atoms with Crippen LogP contribution < -0.4 is 11.1 Å². The van der Waals surface area contributed by atoms with Crippen LogP contribution in [0, 0.1) is 12.7 Å². The van der Waals surface area contributed by atoms with Crippen molar-refractivity contribution in [1.82, 2.24) is 4.98 Å². The molecule has 1 aromatic heterocycles. The van der Waals surface area contributed by atoms with E-state index in [1.807, 2.05) is 6.92 Å².